The van der Waals surface area contributed by atoms with Crippen molar-refractivity contribution in [2.45, 2.75) is 6.92 Å². The van der Waals surface area contributed by atoms with E-state index in [0.717, 1.165) is 0 Å². The predicted octanol–water partition coefficient (Wildman–Crippen LogP) is 0.855. The zero-order valence-electron chi connectivity index (χ0n) is 12.6. The molecule has 1 rings (SSSR count). The maximum atomic E-state index is 12.1. The summed E-state index contributed by atoms with van der Waals surface area (Å²) in [6.07, 6.45) is 0. The highest BCUT2D eigenvalue weighted by atomic mass is 35.5. The van der Waals surface area contributed by atoms with Gasteiger partial charge in [0.25, 0.3) is 0 Å². The van der Waals surface area contributed by atoms with Crippen LogP contribution >= 0.6 is 23.2 Å². The maximum absolute atomic E-state index is 12.1. The standard InChI is InChI=1S/C14H18Cl2N4O3/c1-2-20(13(23)7-18-11(21)6-17)8-12(22)19-14-9(15)4-3-5-10(14)16/h3-5H,2,6-8,17H2,1H3,(H,18,21)(H,19,22). The van der Waals surface area contributed by atoms with Crippen LogP contribution in [0.15, 0.2) is 18.2 Å². The Morgan fingerprint density at radius 2 is 1.78 bits per heavy atom. The Morgan fingerprint density at radius 1 is 1.17 bits per heavy atom. The van der Waals surface area contributed by atoms with Crippen molar-refractivity contribution in [1.82, 2.24) is 10.2 Å². The number of carbonyl (C=O) groups is 3. The lowest BCUT2D eigenvalue weighted by molar-refractivity contribution is -0.135. The fourth-order valence-corrected chi connectivity index (χ4v) is 2.20. The average Bonchev–Trinajstić information content (AvgIpc) is 2.53. The molecule has 0 fully saturated rings. The Bertz CT molecular complexity index is 575. The molecule has 1 aromatic rings. The van der Waals surface area contributed by atoms with Crippen LogP contribution in [0.4, 0.5) is 5.69 Å². The molecule has 0 saturated heterocycles. The molecule has 0 aliphatic carbocycles. The van der Waals surface area contributed by atoms with Gasteiger partial charge >= 0.3 is 0 Å². The van der Waals surface area contributed by atoms with Crippen LogP contribution in [0.5, 0.6) is 0 Å². The lowest BCUT2D eigenvalue weighted by atomic mass is 10.3. The highest BCUT2D eigenvalue weighted by Crippen LogP contribution is 2.29. The Hall–Kier alpha value is -1.83. The molecule has 0 heterocycles. The summed E-state index contributed by atoms with van der Waals surface area (Å²) in [5.74, 6) is -1.28. The molecule has 0 aliphatic heterocycles. The van der Waals surface area contributed by atoms with Crippen LogP contribution in [0.3, 0.4) is 0 Å². The number of halogens is 2. The van der Waals surface area contributed by atoms with Gasteiger partial charge in [-0.25, -0.2) is 0 Å². The van der Waals surface area contributed by atoms with Crippen molar-refractivity contribution in [3.63, 3.8) is 0 Å². The number of benzene rings is 1. The summed E-state index contributed by atoms with van der Waals surface area (Å²) < 4.78 is 0. The second-order valence-electron chi connectivity index (χ2n) is 4.53. The van der Waals surface area contributed by atoms with E-state index in [0.29, 0.717) is 22.3 Å². The van der Waals surface area contributed by atoms with Crippen molar-refractivity contribution in [1.29, 1.82) is 0 Å². The number of amides is 3. The summed E-state index contributed by atoms with van der Waals surface area (Å²) in [5, 5.41) is 5.53. The second-order valence-corrected chi connectivity index (χ2v) is 5.35. The predicted molar refractivity (Wildman–Crippen MR) is 89.4 cm³/mol. The normalized spacial score (nSPS) is 10.1. The van der Waals surface area contributed by atoms with Gasteiger partial charge in [-0.05, 0) is 19.1 Å². The van der Waals surface area contributed by atoms with Crippen molar-refractivity contribution in [3.8, 4) is 0 Å². The molecular formula is C14H18Cl2N4O3. The fraction of sp³-hybridized carbons (Fsp3) is 0.357. The molecule has 0 saturated carbocycles. The minimum Gasteiger partial charge on any atom is -0.346 e. The third-order valence-corrected chi connectivity index (χ3v) is 3.55. The van der Waals surface area contributed by atoms with E-state index in [1.54, 1.807) is 25.1 Å². The minimum atomic E-state index is -0.444. The zero-order valence-corrected chi connectivity index (χ0v) is 14.1. The van der Waals surface area contributed by atoms with E-state index in [9.17, 15) is 14.4 Å². The molecule has 3 amide bonds. The van der Waals surface area contributed by atoms with Crippen LogP contribution in [0.1, 0.15) is 6.92 Å². The number of hydrogen-bond acceptors (Lipinski definition) is 4. The zero-order chi connectivity index (χ0) is 17.4. The molecule has 23 heavy (non-hydrogen) atoms. The summed E-state index contributed by atoms with van der Waals surface area (Å²) in [4.78, 5) is 36.3. The number of para-hydroxylation sites is 1. The molecule has 0 radical (unpaired) electrons. The first-order valence-corrected chi connectivity index (χ1v) is 7.63. The topological polar surface area (TPSA) is 105 Å². The monoisotopic (exact) mass is 360 g/mol. The van der Waals surface area contributed by atoms with Gasteiger partial charge in [0.2, 0.25) is 17.7 Å². The molecule has 0 aromatic heterocycles. The summed E-state index contributed by atoms with van der Waals surface area (Å²) in [7, 11) is 0. The van der Waals surface area contributed by atoms with Crippen molar-refractivity contribution in [2.24, 2.45) is 5.73 Å². The highest BCUT2D eigenvalue weighted by Gasteiger charge is 2.17. The van der Waals surface area contributed by atoms with E-state index < -0.39 is 17.7 Å². The van der Waals surface area contributed by atoms with Gasteiger partial charge in [0.05, 0.1) is 35.4 Å². The highest BCUT2D eigenvalue weighted by molar-refractivity contribution is 6.39. The maximum Gasteiger partial charge on any atom is 0.244 e. The molecule has 0 unspecified atom stereocenters. The second kappa shape index (κ2) is 9.34. The molecule has 1 aromatic carbocycles. The number of rotatable bonds is 7. The van der Waals surface area contributed by atoms with Gasteiger partial charge in [0.1, 0.15) is 0 Å². The lowest BCUT2D eigenvalue weighted by Gasteiger charge is -2.21. The van der Waals surface area contributed by atoms with Gasteiger partial charge in [-0.15, -0.1) is 0 Å². The first-order valence-electron chi connectivity index (χ1n) is 6.87. The van der Waals surface area contributed by atoms with Gasteiger partial charge in [0.15, 0.2) is 0 Å². The Kier molecular flexibility index (Phi) is 7.80. The van der Waals surface area contributed by atoms with Crippen LogP contribution in [-0.4, -0.2) is 48.8 Å². The number of hydrogen-bond donors (Lipinski definition) is 3. The van der Waals surface area contributed by atoms with E-state index in [4.69, 9.17) is 28.9 Å². The molecular weight excluding hydrogens is 343 g/mol. The SMILES string of the molecule is CCN(CC(=O)Nc1c(Cl)cccc1Cl)C(=O)CNC(=O)CN. The molecule has 0 aliphatic rings. The summed E-state index contributed by atoms with van der Waals surface area (Å²) in [5.41, 5.74) is 5.43. The molecule has 0 bridgehead atoms. The van der Waals surface area contributed by atoms with Crippen LogP contribution in [-0.2, 0) is 14.4 Å². The molecule has 9 heteroatoms. The third-order valence-electron chi connectivity index (χ3n) is 2.92. The quantitative estimate of drug-likeness (QED) is 0.670. The molecule has 4 N–H and O–H groups in total. The summed E-state index contributed by atoms with van der Waals surface area (Å²) >= 11 is 11.9. The largest absolute Gasteiger partial charge is 0.346 e. The number of nitrogens with zero attached hydrogens (tertiary/aromatic N) is 1. The van der Waals surface area contributed by atoms with E-state index in [1.165, 1.54) is 4.90 Å². The van der Waals surface area contributed by atoms with Crippen LogP contribution in [0.2, 0.25) is 10.0 Å². The van der Waals surface area contributed by atoms with Crippen molar-refractivity contribution < 1.29 is 14.4 Å². The van der Waals surface area contributed by atoms with Gasteiger partial charge < -0.3 is 21.3 Å². The van der Waals surface area contributed by atoms with Gasteiger partial charge in [-0.1, -0.05) is 29.3 Å². The fourth-order valence-electron chi connectivity index (χ4n) is 1.70. The summed E-state index contributed by atoms with van der Waals surface area (Å²) in [6, 6.07) is 4.84. The smallest absolute Gasteiger partial charge is 0.244 e. The Balaban J connectivity index is 2.63. The minimum absolute atomic E-state index is 0.185. The van der Waals surface area contributed by atoms with Crippen molar-refractivity contribution in [3.05, 3.63) is 28.2 Å². The Morgan fingerprint density at radius 3 is 2.30 bits per heavy atom. The molecule has 0 atom stereocenters. The number of anilines is 1. The molecule has 126 valence electrons. The number of carbonyl (C=O) groups excluding carboxylic acids is 3. The van der Waals surface area contributed by atoms with Crippen molar-refractivity contribution >= 4 is 46.6 Å². The summed E-state index contributed by atoms with van der Waals surface area (Å²) in [6.45, 7) is 1.42. The molecule has 0 spiro atoms. The van der Waals surface area contributed by atoms with E-state index >= 15 is 0 Å². The first kappa shape index (κ1) is 19.2. The van der Waals surface area contributed by atoms with Crippen LogP contribution < -0.4 is 16.4 Å². The first-order chi connectivity index (χ1) is 10.9. The van der Waals surface area contributed by atoms with Crippen molar-refractivity contribution in [2.75, 3.05) is 31.5 Å². The van der Waals surface area contributed by atoms with E-state index in [-0.39, 0.29) is 19.6 Å². The Labute approximate surface area is 144 Å². The third kappa shape index (κ3) is 6.05. The van der Waals surface area contributed by atoms with E-state index in [2.05, 4.69) is 10.6 Å². The number of nitrogens with one attached hydrogen (secondary N) is 2. The lowest BCUT2D eigenvalue weighted by Crippen LogP contribution is -2.44. The van der Waals surface area contributed by atoms with Crippen LogP contribution in [0, 0.1) is 0 Å². The van der Waals surface area contributed by atoms with E-state index in [1.807, 2.05) is 0 Å². The van der Waals surface area contributed by atoms with Crippen LogP contribution in [0.25, 0.3) is 0 Å². The number of nitrogens with two attached hydrogens (primary N) is 1. The molecule has 7 nitrogen and oxygen atoms in total. The van der Waals surface area contributed by atoms with Gasteiger partial charge in [-0.2, -0.15) is 0 Å². The number of likely N-dealkylation sites (N-methyl/N-ethyl adjacent to an activating group) is 1. The van der Waals surface area contributed by atoms with Gasteiger partial charge in [0, 0.05) is 6.54 Å². The van der Waals surface area contributed by atoms with Gasteiger partial charge in [-0.3, -0.25) is 14.4 Å². The average molecular weight is 361 g/mol.